The molecule has 0 aliphatic heterocycles. The van der Waals surface area contributed by atoms with Crippen LogP contribution in [0.15, 0.2) is 42.5 Å². The molecule has 0 heterocycles. The van der Waals surface area contributed by atoms with Crippen LogP contribution in [0.1, 0.15) is 23.6 Å². The molecule has 0 aromatic heterocycles. The minimum Gasteiger partial charge on any atom is -0.496 e. The Labute approximate surface area is 144 Å². The topological polar surface area (TPSA) is 41.6 Å². The number of ether oxygens (including phenoxy) is 1. The van der Waals surface area contributed by atoms with E-state index in [1.54, 1.807) is 7.11 Å². The highest BCUT2D eigenvalue weighted by Gasteiger charge is 2.09. The van der Waals surface area contributed by atoms with E-state index in [0.29, 0.717) is 13.1 Å². The summed E-state index contributed by atoms with van der Waals surface area (Å²) in [5.74, 6) is 0.877. The summed E-state index contributed by atoms with van der Waals surface area (Å²) >= 11 is 0. The minimum atomic E-state index is -0.00742. The molecular formula is C20H26N2O2. The van der Waals surface area contributed by atoms with E-state index >= 15 is 0 Å². The largest absolute Gasteiger partial charge is 0.496 e. The summed E-state index contributed by atoms with van der Waals surface area (Å²) in [6.45, 7) is 5.20. The number of likely N-dealkylation sites (N-methyl/N-ethyl adjacent to an activating group) is 1. The van der Waals surface area contributed by atoms with Gasteiger partial charge in [0.2, 0.25) is 5.91 Å². The quantitative estimate of drug-likeness (QED) is 0.844. The molecule has 2 aromatic carbocycles. The smallest absolute Gasteiger partial charge is 0.238 e. The molecule has 0 bridgehead atoms. The van der Waals surface area contributed by atoms with E-state index in [4.69, 9.17) is 4.74 Å². The molecule has 4 heteroatoms. The van der Waals surface area contributed by atoms with Gasteiger partial charge in [-0.1, -0.05) is 31.2 Å². The zero-order chi connectivity index (χ0) is 17.5. The van der Waals surface area contributed by atoms with Gasteiger partial charge in [-0.3, -0.25) is 9.69 Å². The predicted molar refractivity (Wildman–Crippen MR) is 98.5 cm³/mol. The highest BCUT2D eigenvalue weighted by molar-refractivity contribution is 5.92. The number of anilines is 1. The molecule has 2 aromatic rings. The van der Waals surface area contributed by atoms with Crippen molar-refractivity contribution in [2.75, 3.05) is 26.0 Å². The number of benzene rings is 2. The average Bonchev–Trinajstić information content (AvgIpc) is 2.55. The van der Waals surface area contributed by atoms with Gasteiger partial charge in [0.15, 0.2) is 0 Å². The number of nitrogens with zero attached hydrogens (tertiary/aromatic N) is 1. The Kier molecular flexibility index (Phi) is 6.38. The van der Waals surface area contributed by atoms with Crippen LogP contribution >= 0.6 is 0 Å². The Morgan fingerprint density at radius 2 is 1.79 bits per heavy atom. The average molecular weight is 326 g/mol. The van der Waals surface area contributed by atoms with Gasteiger partial charge in [-0.25, -0.2) is 0 Å². The van der Waals surface area contributed by atoms with Crippen LogP contribution in [-0.4, -0.2) is 31.5 Å². The van der Waals surface area contributed by atoms with Crippen LogP contribution in [-0.2, 0) is 17.8 Å². The summed E-state index contributed by atoms with van der Waals surface area (Å²) in [5, 5.41) is 2.94. The zero-order valence-electron chi connectivity index (χ0n) is 14.9. The van der Waals surface area contributed by atoms with Crippen molar-refractivity contribution in [2.24, 2.45) is 0 Å². The van der Waals surface area contributed by atoms with Crippen LogP contribution in [0.2, 0.25) is 0 Å². The van der Waals surface area contributed by atoms with Gasteiger partial charge < -0.3 is 10.1 Å². The number of nitrogens with one attached hydrogen (secondary N) is 1. The van der Waals surface area contributed by atoms with Crippen LogP contribution in [0.5, 0.6) is 5.75 Å². The monoisotopic (exact) mass is 326 g/mol. The molecule has 128 valence electrons. The summed E-state index contributed by atoms with van der Waals surface area (Å²) in [5.41, 5.74) is 4.37. The maximum atomic E-state index is 12.2. The van der Waals surface area contributed by atoms with Gasteiger partial charge in [0.05, 0.1) is 13.7 Å². The van der Waals surface area contributed by atoms with E-state index in [1.807, 2.05) is 55.3 Å². The van der Waals surface area contributed by atoms with E-state index < -0.39 is 0 Å². The van der Waals surface area contributed by atoms with E-state index in [9.17, 15) is 4.79 Å². The predicted octanol–water partition coefficient (Wildman–Crippen LogP) is 3.64. The number of amides is 1. The van der Waals surface area contributed by atoms with Crippen LogP contribution in [0, 0.1) is 6.92 Å². The molecule has 0 radical (unpaired) electrons. The SMILES string of the molecule is CCc1ccc(NC(=O)CN(C)Cc2ccc(OC)c(C)c2)cc1. The van der Waals surface area contributed by atoms with Crippen molar-refractivity contribution in [3.8, 4) is 5.75 Å². The lowest BCUT2D eigenvalue weighted by Gasteiger charge is -2.17. The molecule has 1 amide bonds. The molecule has 0 saturated heterocycles. The number of aryl methyl sites for hydroxylation is 2. The molecule has 1 N–H and O–H groups in total. The summed E-state index contributed by atoms with van der Waals surface area (Å²) in [7, 11) is 3.62. The normalized spacial score (nSPS) is 10.7. The van der Waals surface area contributed by atoms with Gasteiger partial charge in [0.25, 0.3) is 0 Å². The molecule has 4 nitrogen and oxygen atoms in total. The molecule has 0 aliphatic carbocycles. The molecule has 0 unspecified atom stereocenters. The Balaban J connectivity index is 1.87. The number of hydrogen-bond acceptors (Lipinski definition) is 3. The first-order valence-corrected chi connectivity index (χ1v) is 8.22. The highest BCUT2D eigenvalue weighted by atomic mass is 16.5. The zero-order valence-corrected chi connectivity index (χ0v) is 14.9. The van der Waals surface area contributed by atoms with Crippen molar-refractivity contribution in [3.63, 3.8) is 0 Å². The van der Waals surface area contributed by atoms with Crippen molar-refractivity contribution in [1.29, 1.82) is 0 Å². The molecule has 0 spiro atoms. The number of methoxy groups -OCH3 is 1. The van der Waals surface area contributed by atoms with Gasteiger partial charge in [-0.05, 0) is 55.3 Å². The number of hydrogen-bond donors (Lipinski definition) is 1. The number of rotatable bonds is 7. The van der Waals surface area contributed by atoms with Gasteiger partial charge in [-0.15, -0.1) is 0 Å². The summed E-state index contributed by atoms with van der Waals surface area (Å²) in [4.78, 5) is 14.2. The van der Waals surface area contributed by atoms with Gasteiger partial charge in [-0.2, -0.15) is 0 Å². The molecular weight excluding hydrogens is 300 g/mol. The molecule has 0 fully saturated rings. The Morgan fingerprint density at radius 1 is 1.12 bits per heavy atom. The van der Waals surface area contributed by atoms with E-state index in [2.05, 4.69) is 18.3 Å². The van der Waals surface area contributed by atoms with Crippen molar-refractivity contribution in [2.45, 2.75) is 26.8 Å². The summed E-state index contributed by atoms with van der Waals surface area (Å²) < 4.78 is 5.27. The van der Waals surface area contributed by atoms with Crippen molar-refractivity contribution in [1.82, 2.24) is 4.90 Å². The van der Waals surface area contributed by atoms with E-state index in [0.717, 1.165) is 29.0 Å². The number of carbonyl (C=O) groups is 1. The fourth-order valence-electron chi connectivity index (χ4n) is 2.68. The van der Waals surface area contributed by atoms with Gasteiger partial charge >= 0.3 is 0 Å². The Morgan fingerprint density at radius 3 is 2.38 bits per heavy atom. The summed E-state index contributed by atoms with van der Waals surface area (Å²) in [6, 6.07) is 14.1. The minimum absolute atomic E-state index is 0.00742. The first-order chi connectivity index (χ1) is 11.5. The van der Waals surface area contributed by atoms with Crippen LogP contribution in [0.3, 0.4) is 0 Å². The third-order valence-electron chi connectivity index (χ3n) is 3.97. The van der Waals surface area contributed by atoms with Crippen LogP contribution in [0.25, 0.3) is 0 Å². The second-order valence-corrected chi connectivity index (χ2v) is 6.07. The second-order valence-electron chi connectivity index (χ2n) is 6.07. The van der Waals surface area contributed by atoms with Gasteiger partial charge in [0, 0.05) is 12.2 Å². The third kappa shape index (κ3) is 5.10. The van der Waals surface area contributed by atoms with Crippen LogP contribution in [0.4, 0.5) is 5.69 Å². The highest BCUT2D eigenvalue weighted by Crippen LogP contribution is 2.19. The molecule has 0 atom stereocenters. The lowest BCUT2D eigenvalue weighted by molar-refractivity contribution is -0.117. The third-order valence-corrected chi connectivity index (χ3v) is 3.97. The number of carbonyl (C=O) groups excluding carboxylic acids is 1. The lowest BCUT2D eigenvalue weighted by atomic mass is 10.1. The van der Waals surface area contributed by atoms with Crippen molar-refractivity contribution >= 4 is 11.6 Å². The standard InChI is InChI=1S/C20H26N2O2/c1-5-16-6-9-18(10-7-16)21-20(23)14-22(3)13-17-8-11-19(24-4)15(2)12-17/h6-12H,5,13-14H2,1-4H3,(H,21,23). The summed E-state index contributed by atoms with van der Waals surface area (Å²) in [6.07, 6.45) is 0.998. The molecule has 2 rings (SSSR count). The van der Waals surface area contributed by atoms with Crippen molar-refractivity contribution < 1.29 is 9.53 Å². The van der Waals surface area contributed by atoms with E-state index in [-0.39, 0.29) is 5.91 Å². The Hall–Kier alpha value is -2.33. The second kappa shape index (κ2) is 8.50. The molecule has 24 heavy (non-hydrogen) atoms. The first-order valence-electron chi connectivity index (χ1n) is 8.22. The maximum absolute atomic E-state index is 12.2. The maximum Gasteiger partial charge on any atom is 0.238 e. The van der Waals surface area contributed by atoms with Gasteiger partial charge in [0.1, 0.15) is 5.75 Å². The van der Waals surface area contributed by atoms with Crippen LogP contribution < -0.4 is 10.1 Å². The molecule has 0 saturated carbocycles. The Bertz CT molecular complexity index is 681. The molecule has 0 aliphatic rings. The van der Waals surface area contributed by atoms with Crippen molar-refractivity contribution in [3.05, 3.63) is 59.2 Å². The van der Waals surface area contributed by atoms with E-state index in [1.165, 1.54) is 5.56 Å². The fraction of sp³-hybridized carbons (Fsp3) is 0.350. The lowest BCUT2D eigenvalue weighted by Crippen LogP contribution is -2.29. The fourth-order valence-corrected chi connectivity index (χ4v) is 2.68. The first kappa shape index (κ1) is 18.0.